The molecular weight excluding hydrogens is 208 g/mol. The molecule has 0 aromatic heterocycles. The van der Waals surface area contributed by atoms with E-state index in [1.165, 1.54) is 23.1 Å². The van der Waals surface area contributed by atoms with Gasteiger partial charge in [-0.1, -0.05) is 43.2 Å². The molecule has 0 radical (unpaired) electrons. The molecular formula is C15H26N2. The van der Waals surface area contributed by atoms with Gasteiger partial charge in [-0.15, -0.1) is 0 Å². The fraction of sp³-hybridized carbons (Fsp3) is 0.600. The Morgan fingerprint density at radius 1 is 1.12 bits per heavy atom. The SMILES string of the molecule is CCCN(CC)CC(N)c1cc(C)cc(C)c1. The lowest BCUT2D eigenvalue weighted by Crippen LogP contribution is -2.32. The molecule has 1 atom stereocenters. The number of hydrogen-bond donors (Lipinski definition) is 1. The summed E-state index contributed by atoms with van der Waals surface area (Å²) in [5.74, 6) is 0. The third kappa shape index (κ3) is 4.49. The molecule has 0 heterocycles. The molecule has 0 fully saturated rings. The quantitative estimate of drug-likeness (QED) is 0.819. The molecule has 0 aliphatic rings. The van der Waals surface area contributed by atoms with Crippen LogP contribution in [0, 0.1) is 13.8 Å². The fourth-order valence-corrected chi connectivity index (χ4v) is 2.30. The van der Waals surface area contributed by atoms with Crippen molar-refractivity contribution in [1.82, 2.24) is 4.90 Å². The molecule has 0 bridgehead atoms. The maximum Gasteiger partial charge on any atom is 0.0424 e. The number of benzene rings is 1. The third-order valence-electron chi connectivity index (χ3n) is 3.11. The van der Waals surface area contributed by atoms with Crippen LogP contribution in [-0.2, 0) is 0 Å². The maximum atomic E-state index is 6.30. The largest absolute Gasteiger partial charge is 0.323 e. The highest BCUT2D eigenvalue weighted by Gasteiger charge is 2.11. The van der Waals surface area contributed by atoms with Gasteiger partial charge in [0.15, 0.2) is 0 Å². The minimum Gasteiger partial charge on any atom is -0.323 e. The monoisotopic (exact) mass is 234 g/mol. The van der Waals surface area contributed by atoms with Crippen LogP contribution in [0.4, 0.5) is 0 Å². The number of aryl methyl sites for hydroxylation is 2. The molecule has 1 rings (SSSR count). The van der Waals surface area contributed by atoms with Gasteiger partial charge in [0, 0.05) is 12.6 Å². The van der Waals surface area contributed by atoms with Gasteiger partial charge in [-0.2, -0.15) is 0 Å². The normalized spacial score (nSPS) is 13.1. The molecule has 2 heteroatoms. The summed E-state index contributed by atoms with van der Waals surface area (Å²) in [7, 11) is 0. The van der Waals surface area contributed by atoms with Crippen molar-refractivity contribution in [3.63, 3.8) is 0 Å². The lowest BCUT2D eigenvalue weighted by Gasteiger charge is -2.24. The Labute approximate surface area is 106 Å². The van der Waals surface area contributed by atoms with Crippen LogP contribution in [0.5, 0.6) is 0 Å². The first kappa shape index (κ1) is 14.2. The van der Waals surface area contributed by atoms with Crippen LogP contribution in [0.15, 0.2) is 18.2 Å². The fourth-order valence-electron chi connectivity index (χ4n) is 2.30. The van der Waals surface area contributed by atoms with Crippen molar-refractivity contribution in [3.05, 3.63) is 34.9 Å². The molecule has 0 spiro atoms. The second-order valence-corrected chi connectivity index (χ2v) is 4.92. The zero-order valence-electron chi connectivity index (χ0n) is 11.7. The molecule has 0 aliphatic heterocycles. The first-order chi connectivity index (χ1) is 8.06. The van der Waals surface area contributed by atoms with Gasteiger partial charge in [-0.25, -0.2) is 0 Å². The summed E-state index contributed by atoms with van der Waals surface area (Å²) in [6.07, 6.45) is 1.19. The first-order valence-corrected chi connectivity index (χ1v) is 6.63. The van der Waals surface area contributed by atoms with Crippen molar-refractivity contribution in [2.45, 2.75) is 40.2 Å². The molecule has 1 aromatic carbocycles. The van der Waals surface area contributed by atoms with Crippen LogP contribution in [0.1, 0.15) is 43.0 Å². The topological polar surface area (TPSA) is 29.3 Å². The second-order valence-electron chi connectivity index (χ2n) is 4.92. The highest BCUT2D eigenvalue weighted by atomic mass is 15.1. The van der Waals surface area contributed by atoms with Crippen molar-refractivity contribution in [1.29, 1.82) is 0 Å². The number of hydrogen-bond acceptors (Lipinski definition) is 2. The molecule has 0 aliphatic carbocycles. The molecule has 2 N–H and O–H groups in total. The maximum absolute atomic E-state index is 6.30. The highest BCUT2D eigenvalue weighted by Crippen LogP contribution is 2.16. The van der Waals surface area contributed by atoms with E-state index in [4.69, 9.17) is 5.73 Å². The summed E-state index contributed by atoms with van der Waals surface area (Å²) >= 11 is 0. The molecule has 96 valence electrons. The number of likely N-dealkylation sites (N-methyl/N-ethyl adjacent to an activating group) is 1. The van der Waals surface area contributed by atoms with Crippen molar-refractivity contribution in [3.8, 4) is 0 Å². The van der Waals surface area contributed by atoms with E-state index in [0.717, 1.165) is 19.6 Å². The van der Waals surface area contributed by atoms with Gasteiger partial charge in [0.2, 0.25) is 0 Å². The van der Waals surface area contributed by atoms with Gasteiger partial charge in [0.05, 0.1) is 0 Å². The summed E-state index contributed by atoms with van der Waals surface area (Å²) in [6, 6.07) is 6.73. The van der Waals surface area contributed by atoms with E-state index in [9.17, 15) is 0 Å². The number of nitrogens with two attached hydrogens (primary N) is 1. The summed E-state index contributed by atoms with van der Waals surface area (Å²) < 4.78 is 0. The van der Waals surface area contributed by atoms with Crippen molar-refractivity contribution < 1.29 is 0 Å². The molecule has 1 aromatic rings. The Kier molecular flexibility index (Phi) is 5.66. The van der Waals surface area contributed by atoms with Gasteiger partial charge < -0.3 is 10.6 Å². The Morgan fingerprint density at radius 2 is 1.71 bits per heavy atom. The van der Waals surface area contributed by atoms with Crippen molar-refractivity contribution in [2.24, 2.45) is 5.73 Å². The molecule has 1 unspecified atom stereocenters. The van der Waals surface area contributed by atoms with E-state index in [0.29, 0.717) is 0 Å². The van der Waals surface area contributed by atoms with E-state index < -0.39 is 0 Å². The predicted octanol–water partition coefficient (Wildman–Crippen LogP) is 3.04. The Balaban J connectivity index is 2.71. The van der Waals surface area contributed by atoms with Crippen LogP contribution in [0.3, 0.4) is 0 Å². The molecule has 2 nitrogen and oxygen atoms in total. The van der Waals surface area contributed by atoms with Crippen molar-refractivity contribution in [2.75, 3.05) is 19.6 Å². The third-order valence-corrected chi connectivity index (χ3v) is 3.11. The lowest BCUT2D eigenvalue weighted by atomic mass is 10.0. The smallest absolute Gasteiger partial charge is 0.0424 e. The van der Waals surface area contributed by atoms with Crippen LogP contribution in [-0.4, -0.2) is 24.5 Å². The highest BCUT2D eigenvalue weighted by molar-refractivity contribution is 5.30. The lowest BCUT2D eigenvalue weighted by molar-refractivity contribution is 0.271. The van der Waals surface area contributed by atoms with E-state index in [2.05, 4.69) is 50.8 Å². The predicted molar refractivity (Wildman–Crippen MR) is 75.2 cm³/mol. The van der Waals surface area contributed by atoms with E-state index in [1.807, 2.05) is 0 Å². The van der Waals surface area contributed by atoms with Crippen LogP contribution < -0.4 is 5.73 Å². The summed E-state index contributed by atoms with van der Waals surface area (Å²) in [6.45, 7) is 11.8. The van der Waals surface area contributed by atoms with Gasteiger partial charge in [-0.3, -0.25) is 0 Å². The minimum absolute atomic E-state index is 0.125. The van der Waals surface area contributed by atoms with E-state index in [-0.39, 0.29) is 6.04 Å². The number of rotatable bonds is 6. The summed E-state index contributed by atoms with van der Waals surface area (Å²) in [5.41, 5.74) is 10.2. The van der Waals surface area contributed by atoms with Gasteiger partial charge in [0.25, 0.3) is 0 Å². The van der Waals surface area contributed by atoms with E-state index in [1.54, 1.807) is 0 Å². The molecule has 0 saturated heterocycles. The molecule has 0 amide bonds. The molecule has 17 heavy (non-hydrogen) atoms. The zero-order chi connectivity index (χ0) is 12.8. The first-order valence-electron chi connectivity index (χ1n) is 6.63. The van der Waals surface area contributed by atoms with Gasteiger partial charge in [0.1, 0.15) is 0 Å². The average Bonchev–Trinajstić information content (AvgIpc) is 2.27. The summed E-state index contributed by atoms with van der Waals surface area (Å²) in [4.78, 5) is 2.42. The second kappa shape index (κ2) is 6.77. The standard InChI is InChI=1S/C15H26N2/c1-5-7-17(6-2)11-15(16)14-9-12(3)8-13(4)10-14/h8-10,15H,5-7,11,16H2,1-4H3. The van der Waals surface area contributed by atoms with Gasteiger partial charge >= 0.3 is 0 Å². The van der Waals surface area contributed by atoms with Gasteiger partial charge in [-0.05, 0) is 38.9 Å². The average molecular weight is 234 g/mol. The van der Waals surface area contributed by atoms with E-state index >= 15 is 0 Å². The Bertz CT molecular complexity index is 327. The van der Waals surface area contributed by atoms with Crippen LogP contribution >= 0.6 is 0 Å². The zero-order valence-corrected chi connectivity index (χ0v) is 11.7. The van der Waals surface area contributed by atoms with Crippen LogP contribution in [0.25, 0.3) is 0 Å². The Morgan fingerprint density at radius 3 is 2.18 bits per heavy atom. The van der Waals surface area contributed by atoms with Crippen LogP contribution in [0.2, 0.25) is 0 Å². The van der Waals surface area contributed by atoms with Crippen molar-refractivity contribution >= 4 is 0 Å². The summed E-state index contributed by atoms with van der Waals surface area (Å²) in [5, 5.41) is 0. The molecule has 0 saturated carbocycles. The Hall–Kier alpha value is -0.860. The number of nitrogens with zero attached hydrogens (tertiary/aromatic N) is 1. The minimum atomic E-state index is 0.125.